The highest BCUT2D eigenvalue weighted by molar-refractivity contribution is 5.40. The summed E-state index contributed by atoms with van der Waals surface area (Å²) in [5.74, 6) is 0.970. The van der Waals surface area contributed by atoms with Gasteiger partial charge >= 0.3 is 0 Å². The molecule has 0 aliphatic heterocycles. The normalized spacial score (nSPS) is 10.3. The summed E-state index contributed by atoms with van der Waals surface area (Å²) in [5.41, 5.74) is 9.34. The van der Waals surface area contributed by atoms with E-state index in [9.17, 15) is 5.26 Å². The van der Waals surface area contributed by atoms with E-state index in [0.29, 0.717) is 12.1 Å². The smallest absolute Gasteiger partial charge is 0.113 e. The number of nitrogens with zero attached hydrogens (tertiary/aromatic N) is 3. The largest absolute Gasteiger partial charge is 0.399 e. The Morgan fingerprint density at radius 1 is 1.09 bits per heavy atom. The van der Waals surface area contributed by atoms with Gasteiger partial charge in [0.2, 0.25) is 0 Å². The Kier molecular flexibility index (Phi) is 3.88. The van der Waals surface area contributed by atoms with Gasteiger partial charge in [-0.2, -0.15) is 5.26 Å². The molecule has 4 nitrogen and oxygen atoms in total. The molecule has 2 aromatic carbocycles. The van der Waals surface area contributed by atoms with E-state index in [1.807, 2.05) is 54.7 Å². The zero-order valence-electron chi connectivity index (χ0n) is 12.1. The topological polar surface area (TPSA) is 67.6 Å². The van der Waals surface area contributed by atoms with Gasteiger partial charge in [-0.25, -0.2) is 4.98 Å². The standard InChI is InChI=1S/C18H16N4/c19-12-15-3-1-2-4-16(15)13-22-10-9-21-18(22)11-14-5-7-17(20)8-6-14/h1-10H,11,13,20H2. The zero-order valence-corrected chi connectivity index (χ0v) is 12.1. The van der Waals surface area contributed by atoms with Crippen molar-refractivity contribution in [3.8, 4) is 6.07 Å². The summed E-state index contributed by atoms with van der Waals surface area (Å²) in [5, 5.41) is 9.19. The van der Waals surface area contributed by atoms with E-state index in [1.165, 1.54) is 0 Å². The predicted octanol–water partition coefficient (Wildman–Crippen LogP) is 2.98. The van der Waals surface area contributed by atoms with Crippen LogP contribution in [0.5, 0.6) is 0 Å². The van der Waals surface area contributed by atoms with E-state index in [4.69, 9.17) is 5.73 Å². The maximum absolute atomic E-state index is 9.19. The highest BCUT2D eigenvalue weighted by Crippen LogP contribution is 2.14. The first-order valence-electron chi connectivity index (χ1n) is 7.08. The molecular weight excluding hydrogens is 272 g/mol. The molecule has 1 heterocycles. The van der Waals surface area contributed by atoms with Crippen LogP contribution in [0.3, 0.4) is 0 Å². The van der Waals surface area contributed by atoms with Crippen LogP contribution < -0.4 is 5.73 Å². The number of hydrogen-bond acceptors (Lipinski definition) is 3. The van der Waals surface area contributed by atoms with Gasteiger partial charge in [-0.3, -0.25) is 0 Å². The molecule has 0 spiro atoms. The van der Waals surface area contributed by atoms with Crippen LogP contribution in [0.2, 0.25) is 0 Å². The molecule has 0 aliphatic rings. The molecule has 3 rings (SSSR count). The van der Waals surface area contributed by atoms with Crippen molar-refractivity contribution in [3.05, 3.63) is 83.4 Å². The van der Waals surface area contributed by atoms with E-state index >= 15 is 0 Å². The van der Waals surface area contributed by atoms with Crippen LogP contribution in [0.15, 0.2) is 60.9 Å². The third-order valence-corrected chi connectivity index (χ3v) is 3.62. The lowest BCUT2D eigenvalue weighted by Gasteiger charge is -2.09. The van der Waals surface area contributed by atoms with Gasteiger partial charge in [0.25, 0.3) is 0 Å². The zero-order chi connectivity index (χ0) is 15.4. The second kappa shape index (κ2) is 6.15. The summed E-state index contributed by atoms with van der Waals surface area (Å²) in [6, 6.07) is 17.7. The molecule has 0 aliphatic carbocycles. The van der Waals surface area contributed by atoms with Crippen LogP contribution in [0.25, 0.3) is 0 Å². The highest BCUT2D eigenvalue weighted by Gasteiger charge is 2.07. The summed E-state index contributed by atoms with van der Waals surface area (Å²) >= 11 is 0. The molecule has 0 atom stereocenters. The van der Waals surface area contributed by atoms with Crippen molar-refractivity contribution in [2.45, 2.75) is 13.0 Å². The van der Waals surface area contributed by atoms with Crippen molar-refractivity contribution in [2.24, 2.45) is 0 Å². The summed E-state index contributed by atoms with van der Waals surface area (Å²) in [6.45, 7) is 0.647. The molecule has 108 valence electrons. The second-order valence-corrected chi connectivity index (χ2v) is 5.16. The van der Waals surface area contributed by atoms with Crippen molar-refractivity contribution >= 4 is 5.69 Å². The molecule has 0 fully saturated rings. The van der Waals surface area contributed by atoms with Gasteiger partial charge in [0, 0.05) is 24.5 Å². The molecule has 1 aromatic heterocycles. The number of benzene rings is 2. The third-order valence-electron chi connectivity index (χ3n) is 3.62. The number of nitrogens with two attached hydrogens (primary N) is 1. The number of nitrogen functional groups attached to an aromatic ring is 1. The Morgan fingerprint density at radius 3 is 2.64 bits per heavy atom. The summed E-state index contributed by atoms with van der Waals surface area (Å²) in [4.78, 5) is 4.43. The number of nitriles is 1. The van der Waals surface area contributed by atoms with Gasteiger partial charge in [-0.05, 0) is 29.3 Å². The Hall–Kier alpha value is -3.06. The monoisotopic (exact) mass is 288 g/mol. The molecule has 0 saturated carbocycles. The fourth-order valence-corrected chi connectivity index (χ4v) is 2.42. The van der Waals surface area contributed by atoms with Crippen molar-refractivity contribution in [2.75, 3.05) is 5.73 Å². The van der Waals surface area contributed by atoms with Crippen LogP contribution in [-0.4, -0.2) is 9.55 Å². The molecule has 0 bridgehead atoms. The van der Waals surface area contributed by atoms with Gasteiger partial charge in [0.05, 0.1) is 18.2 Å². The van der Waals surface area contributed by atoms with Crippen molar-refractivity contribution in [1.82, 2.24) is 9.55 Å². The molecule has 0 unspecified atom stereocenters. The molecule has 0 saturated heterocycles. The lowest BCUT2D eigenvalue weighted by atomic mass is 10.1. The first kappa shape index (κ1) is 13.9. The fraction of sp³-hybridized carbons (Fsp3) is 0.111. The van der Waals surface area contributed by atoms with Gasteiger partial charge in [-0.15, -0.1) is 0 Å². The third kappa shape index (κ3) is 2.99. The molecule has 2 N–H and O–H groups in total. The Balaban J connectivity index is 1.83. The van der Waals surface area contributed by atoms with Crippen LogP contribution in [0, 0.1) is 11.3 Å². The second-order valence-electron chi connectivity index (χ2n) is 5.16. The maximum atomic E-state index is 9.19. The number of aromatic nitrogens is 2. The number of hydrogen-bond donors (Lipinski definition) is 1. The lowest BCUT2D eigenvalue weighted by Crippen LogP contribution is -2.06. The van der Waals surface area contributed by atoms with Crippen LogP contribution in [0.4, 0.5) is 5.69 Å². The summed E-state index contributed by atoms with van der Waals surface area (Å²) in [6.07, 6.45) is 4.48. The fourth-order valence-electron chi connectivity index (χ4n) is 2.42. The predicted molar refractivity (Wildman–Crippen MR) is 86.1 cm³/mol. The number of rotatable bonds is 4. The van der Waals surface area contributed by atoms with E-state index in [2.05, 4.69) is 15.6 Å². The van der Waals surface area contributed by atoms with Gasteiger partial charge in [0.1, 0.15) is 5.82 Å². The van der Waals surface area contributed by atoms with Crippen molar-refractivity contribution in [3.63, 3.8) is 0 Å². The highest BCUT2D eigenvalue weighted by atomic mass is 15.1. The number of imidazole rings is 1. The van der Waals surface area contributed by atoms with E-state index in [-0.39, 0.29) is 0 Å². The van der Waals surface area contributed by atoms with Crippen molar-refractivity contribution < 1.29 is 0 Å². The van der Waals surface area contributed by atoms with Gasteiger partial charge < -0.3 is 10.3 Å². The Morgan fingerprint density at radius 2 is 1.86 bits per heavy atom. The molecule has 4 heteroatoms. The SMILES string of the molecule is N#Cc1ccccc1Cn1ccnc1Cc1ccc(N)cc1. The Labute approximate surface area is 129 Å². The van der Waals surface area contributed by atoms with Crippen LogP contribution in [0.1, 0.15) is 22.5 Å². The maximum Gasteiger partial charge on any atom is 0.113 e. The lowest BCUT2D eigenvalue weighted by molar-refractivity contribution is 0.739. The van der Waals surface area contributed by atoms with Crippen LogP contribution in [-0.2, 0) is 13.0 Å². The summed E-state index contributed by atoms with van der Waals surface area (Å²) in [7, 11) is 0. The van der Waals surface area contributed by atoms with E-state index in [1.54, 1.807) is 6.20 Å². The minimum Gasteiger partial charge on any atom is -0.399 e. The minimum absolute atomic E-state index is 0.647. The molecule has 0 radical (unpaired) electrons. The first-order chi connectivity index (χ1) is 10.8. The quantitative estimate of drug-likeness (QED) is 0.750. The van der Waals surface area contributed by atoms with E-state index in [0.717, 1.165) is 29.1 Å². The Bertz CT molecular complexity index is 810. The molecule has 0 amide bonds. The van der Waals surface area contributed by atoms with Crippen molar-refractivity contribution in [1.29, 1.82) is 5.26 Å². The minimum atomic E-state index is 0.647. The first-order valence-corrected chi connectivity index (χ1v) is 7.08. The van der Waals surface area contributed by atoms with Gasteiger partial charge in [0.15, 0.2) is 0 Å². The van der Waals surface area contributed by atoms with E-state index < -0.39 is 0 Å². The average molecular weight is 288 g/mol. The van der Waals surface area contributed by atoms with Crippen LogP contribution >= 0.6 is 0 Å². The average Bonchev–Trinajstić information content (AvgIpc) is 2.97. The molecular formula is C18H16N4. The number of anilines is 1. The van der Waals surface area contributed by atoms with Gasteiger partial charge in [-0.1, -0.05) is 30.3 Å². The molecule has 3 aromatic rings. The summed E-state index contributed by atoms with van der Waals surface area (Å²) < 4.78 is 2.08. The molecule has 22 heavy (non-hydrogen) atoms.